The standard InChI is InChI=1S/C21H23BrN4O2/c1-25-19(18(22)13-24-25)14-26(12-11-23)21(27)17-9-5-6-10-20(17)28-15-16-7-3-2-4-8-16/h2-10,13H,11-12,14-15,23H2,1H3. The number of hydrogen-bond acceptors (Lipinski definition) is 4. The van der Waals surface area contributed by atoms with Gasteiger partial charge in [0.15, 0.2) is 0 Å². The molecular formula is C21H23BrN4O2. The number of para-hydroxylation sites is 1. The highest BCUT2D eigenvalue weighted by Gasteiger charge is 2.21. The number of nitrogens with zero attached hydrogens (tertiary/aromatic N) is 3. The Kier molecular flexibility index (Phi) is 6.84. The van der Waals surface area contributed by atoms with E-state index in [1.807, 2.05) is 55.6 Å². The van der Waals surface area contributed by atoms with Crippen LogP contribution in [0.5, 0.6) is 5.75 Å². The Morgan fingerprint density at radius 2 is 1.89 bits per heavy atom. The van der Waals surface area contributed by atoms with Gasteiger partial charge in [0.25, 0.3) is 5.91 Å². The minimum Gasteiger partial charge on any atom is -0.488 e. The van der Waals surface area contributed by atoms with Gasteiger partial charge in [-0.05, 0) is 33.6 Å². The first-order valence-corrected chi connectivity index (χ1v) is 9.81. The molecule has 1 amide bonds. The van der Waals surface area contributed by atoms with Crippen molar-refractivity contribution in [3.63, 3.8) is 0 Å². The van der Waals surface area contributed by atoms with Crippen LogP contribution in [0.1, 0.15) is 21.6 Å². The molecule has 3 aromatic rings. The molecule has 1 heterocycles. The van der Waals surface area contributed by atoms with E-state index in [0.717, 1.165) is 15.7 Å². The molecule has 0 fully saturated rings. The molecule has 0 saturated carbocycles. The Morgan fingerprint density at radius 1 is 1.18 bits per heavy atom. The SMILES string of the molecule is Cn1ncc(Br)c1CN(CCN)C(=O)c1ccccc1OCc1ccccc1. The maximum Gasteiger partial charge on any atom is 0.258 e. The highest BCUT2D eigenvalue weighted by atomic mass is 79.9. The molecule has 28 heavy (non-hydrogen) atoms. The molecule has 3 rings (SSSR count). The fraction of sp³-hybridized carbons (Fsp3) is 0.238. The second-order valence-electron chi connectivity index (χ2n) is 6.35. The van der Waals surface area contributed by atoms with Gasteiger partial charge in [0.05, 0.1) is 28.5 Å². The van der Waals surface area contributed by atoms with Gasteiger partial charge in [-0.15, -0.1) is 0 Å². The van der Waals surface area contributed by atoms with Gasteiger partial charge in [0.2, 0.25) is 0 Å². The number of carbonyl (C=O) groups excluding carboxylic acids is 1. The summed E-state index contributed by atoms with van der Waals surface area (Å²) in [5.41, 5.74) is 8.23. The Balaban J connectivity index is 1.81. The zero-order chi connectivity index (χ0) is 19.9. The number of benzene rings is 2. The molecule has 6 nitrogen and oxygen atoms in total. The fourth-order valence-corrected chi connectivity index (χ4v) is 3.35. The molecular weight excluding hydrogens is 420 g/mol. The second-order valence-corrected chi connectivity index (χ2v) is 7.20. The first-order chi connectivity index (χ1) is 13.6. The lowest BCUT2D eigenvalue weighted by Gasteiger charge is -2.23. The Hall–Kier alpha value is -2.64. The number of rotatable bonds is 8. The van der Waals surface area contributed by atoms with Gasteiger partial charge in [0.1, 0.15) is 12.4 Å². The minimum atomic E-state index is -0.123. The Morgan fingerprint density at radius 3 is 2.57 bits per heavy atom. The predicted molar refractivity (Wildman–Crippen MR) is 112 cm³/mol. The summed E-state index contributed by atoms with van der Waals surface area (Å²) in [6, 6.07) is 17.2. The van der Waals surface area contributed by atoms with Crippen molar-refractivity contribution in [3.8, 4) is 5.75 Å². The summed E-state index contributed by atoms with van der Waals surface area (Å²) >= 11 is 3.49. The molecule has 0 aliphatic heterocycles. The number of amides is 1. The lowest BCUT2D eigenvalue weighted by Crippen LogP contribution is -2.35. The monoisotopic (exact) mass is 442 g/mol. The van der Waals surface area contributed by atoms with Crippen molar-refractivity contribution in [2.24, 2.45) is 12.8 Å². The third-order valence-corrected chi connectivity index (χ3v) is 5.05. The van der Waals surface area contributed by atoms with Gasteiger partial charge in [-0.25, -0.2) is 0 Å². The average Bonchev–Trinajstić information content (AvgIpc) is 3.04. The molecule has 0 atom stereocenters. The quantitative estimate of drug-likeness (QED) is 0.580. The van der Waals surface area contributed by atoms with E-state index in [-0.39, 0.29) is 5.91 Å². The van der Waals surface area contributed by atoms with Crippen LogP contribution in [0.25, 0.3) is 0 Å². The molecule has 1 aromatic heterocycles. The molecule has 0 radical (unpaired) electrons. The van der Waals surface area contributed by atoms with Crippen molar-refractivity contribution < 1.29 is 9.53 Å². The topological polar surface area (TPSA) is 73.4 Å². The van der Waals surface area contributed by atoms with Gasteiger partial charge in [-0.1, -0.05) is 42.5 Å². The van der Waals surface area contributed by atoms with E-state index in [1.165, 1.54) is 0 Å². The van der Waals surface area contributed by atoms with E-state index in [9.17, 15) is 4.79 Å². The molecule has 0 saturated heterocycles. The zero-order valence-electron chi connectivity index (χ0n) is 15.7. The maximum atomic E-state index is 13.3. The summed E-state index contributed by atoms with van der Waals surface area (Å²) < 4.78 is 8.56. The largest absolute Gasteiger partial charge is 0.488 e. The molecule has 7 heteroatoms. The van der Waals surface area contributed by atoms with Gasteiger partial charge in [-0.2, -0.15) is 5.10 Å². The number of carbonyl (C=O) groups is 1. The lowest BCUT2D eigenvalue weighted by molar-refractivity contribution is 0.0739. The summed E-state index contributed by atoms with van der Waals surface area (Å²) in [5, 5.41) is 4.22. The molecule has 0 aliphatic rings. The molecule has 0 aliphatic carbocycles. The molecule has 0 spiro atoms. The number of aromatic nitrogens is 2. The van der Waals surface area contributed by atoms with Crippen LogP contribution in [0.15, 0.2) is 65.3 Å². The molecule has 146 valence electrons. The van der Waals surface area contributed by atoms with E-state index in [1.54, 1.807) is 21.8 Å². The van der Waals surface area contributed by atoms with Crippen molar-refractivity contribution in [1.29, 1.82) is 0 Å². The van der Waals surface area contributed by atoms with Crippen LogP contribution in [0, 0.1) is 0 Å². The highest BCUT2D eigenvalue weighted by molar-refractivity contribution is 9.10. The summed E-state index contributed by atoms with van der Waals surface area (Å²) in [7, 11) is 1.85. The average molecular weight is 443 g/mol. The van der Waals surface area contributed by atoms with Gasteiger partial charge >= 0.3 is 0 Å². The van der Waals surface area contributed by atoms with E-state index in [4.69, 9.17) is 10.5 Å². The smallest absolute Gasteiger partial charge is 0.258 e. The minimum absolute atomic E-state index is 0.123. The van der Waals surface area contributed by atoms with Crippen molar-refractivity contribution >= 4 is 21.8 Å². The third-order valence-electron chi connectivity index (χ3n) is 4.39. The van der Waals surface area contributed by atoms with Crippen LogP contribution in [0.4, 0.5) is 0 Å². The summed E-state index contributed by atoms with van der Waals surface area (Å²) in [4.78, 5) is 15.0. The van der Waals surface area contributed by atoms with E-state index in [0.29, 0.717) is 37.6 Å². The van der Waals surface area contributed by atoms with Crippen molar-refractivity contribution in [2.75, 3.05) is 13.1 Å². The van der Waals surface area contributed by atoms with Crippen molar-refractivity contribution in [1.82, 2.24) is 14.7 Å². The molecule has 2 N–H and O–H groups in total. The molecule has 0 bridgehead atoms. The van der Waals surface area contributed by atoms with E-state index < -0.39 is 0 Å². The maximum absolute atomic E-state index is 13.3. The number of nitrogens with two attached hydrogens (primary N) is 1. The van der Waals surface area contributed by atoms with Gasteiger partial charge in [-0.3, -0.25) is 9.48 Å². The molecule has 0 unspecified atom stereocenters. The number of ether oxygens (including phenoxy) is 1. The van der Waals surface area contributed by atoms with E-state index in [2.05, 4.69) is 21.0 Å². The van der Waals surface area contributed by atoms with Crippen LogP contribution in [0.2, 0.25) is 0 Å². The number of halogens is 1. The summed E-state index contributed by atoms with van der Waals surface area (Å²) in [5.74, 6) is 0.435. The number of hydrogen-bond donors (Lipinski definition) is 1. The van der Waals surface area contributed by atoms with Gasteiger partial charge in [0, 0.05) is 20.1 Å². The van der Waals surface area contributed by atoms with Crippen molar-refractivity contribution in [2.45, 2.75) is 13.2 Å². The normalized spacial score (nSPS) is 10.7. The van der Waals surface area contributed by atoms with Crippen molar-refractivity contribution in [3.05, 3.63) is 82.1 Å². The Bertz CT molecular complexity index is 908. The first kappa shape index (κ1) is 20.1. The zero-order valence-corrected chi connectivity index (χ0v) is 17.3. The number of aryl methyl sites for hydroxylation is 1. The van der Waals surface area contributed by atoms with Crippen LogP contribution < -0.4 is 10.5 Å². The lowest BCUT2D eigenvalue weighted by atomic mass is 10.1. The summed E-state index contributed by atoms with van der Waals surface area (Å²) in [6.07, 6.45) is 1.72. The van der Waals surface area contributed by atoms with Crippen LogP contribution in [0.3, 0.4) is 0 Å². The Labute approximate surface area is 173 Å². The van der Waals surface area contributed by atoms with E-state index >= 15 is 0 Å². The van der Waals surface area contributed by atoms with Crippen LogP contribution >= 0.6 is 15.9 Å². The second kappa shape index (κ2) is 9.52. The summed E-state index contributed by atoms with van der Waals surface area (Å²) in [6.45, 7) is 1.60. The van der Waals surface area contributed by atoms with Crippen LogP contribution in [-0.2, 0) is 20.2 Å². The fourth-order valence-electron chi connectivity index (χ4n) is 2.88. The van der Waals surface area contributed by atoms with Crippen LogP contribution in [-0.4, -0.2) is 33.7 Å². The van der Waals surface area contributed by atoms with Gasteiger partial charge < -0.3 is 15.4 Å². The highest BCUT2D eigenvalue weighted by Crippen LogP contribution is 2.23. The predicted octanol–water partition coefficient (Wildman–Crippen LogP) is 3.36. The molecule has 2 aromatic carbocycles. The first-order valence-electron chi connectivity index (χ1n) is 9.01. The third kappa shape index (κ3) is 4.79.